The van der Waals surface area contributed by atoms with E-state index in [0.29, 0.717) is 22.8 Å². The summed E-state index contributed by atoms with van der Waals surface area (Å²) < 4.78 is 49.4. The van der Waals surface area contributed by atoms with E-state index >= 15 is 0 Å². The summed E-state index contributed by atoms with van der Waals surface area (Å²) in [6.45, 7) is -0.0675. The number of hydrogen-bond acceptors (Lipinski definition) is 8. The average Bonchev–Trinajstić information content (AvgIpc) is 3.13. The molecule has 1 saturated heterocycles. The highest BCUT2D eigenvalue weighted by atomic mass is 32.2. The van der Waals surface area contributed by atoms with Crippen molar-refractivity contribution in [1.29, 1.82) is 0 Å². The van der Waals surface area contributed by atoms with E-state index in [1.54, 1.807) is 12.1 Å². The van der Waals surface area contributed by atoms with Gasteiger partial charge in [-0.05, 0) is 35.9 Å². The molecular weight excluding hydrogens is 440 g/mol. The zero-order chi connectivity index (χ0) is 23.5. The van der Waals surface area contributed by atoms with Crippen LogP contribution in [-0.2, 0) is 26.2 Å². The van der Waals surface area contributed by atoms with Crippen LogP contribution in [0.5, 0.6) is 23.0 Å². The summed E-state index contributed by atoms with van der Waals surface area (Å²) >= 11 is 0. The highest BCUT2D eigenvalue weighted by Crippen LogP contribution is 2.38. The van der Waals surface area contributed by atoms with Crippen molar-refractivity contribution >= 4 is 27.5 Å². The van der Waals surface area contributed by atoms with E-state index in [9.17, 15) is 18.0 Å². The van der Waals surface area contributed by atoms with Crippen LogP contribution in [0.3, 0.4) is 0 Å². The Morgan fingerprint density at radius 2 is 1.41 bits per heavy atom. The molecule has 3 rings (SSSR count). The van der Waals surface area contributed by atoms with Crippen LogP contribution >= 0.6 is 0 Å². The van der Waals surface area contributed by atoms with Gasteiger partial charge in [-0.2, -0.15) is 0 Å². The Kier molecular flexibility index (Phi) is 6.90. The van der Waals surface area contributed by atoms with Crippen LogP contribution in [0.4, 0.5) is 5.69 Å². The van der Waals surface area contributed by atoms with E-state index in [4.69, 9.17) is 18.9 Å². The van der Waals surface area contributed by atoms with Gasteiger partial charge in [0, 0.05) is 19.4 Å². The summed E-state index contributed by atoms with van der Waals surface area (Å²) in [4.78, 5) is 25.1. The number of carbonyl (C=O) groups is 2. The predicted molar refractivity (Wildman–Crippen MR) is 115 cm³/mol. The third-order valence-corrected chi connectivity index (χ3v) is 6.34. The molecule has 0 unspecified atom stereocenters. The number of nitrogens with one attached hydrogen (secondary N) is 1. The number of imide groups is 1. The number of ether oxygens (including phenoxy) is 4. The van der Waals surface area contributed by atoms with Gasteiger partial charge in [0.25, 0.3) is 0 Å². The minimum atomic E-state index is -3.99. The lowest BCUT2D eigenvalue weighted by molar-refractivity contribution is -0.121. The van der Waals surface area contributed by atoms with Crippen molar-refractivity contribution in [1.82, 2.24) is 4.72 Å². The molecule has 0 aromatic heterocycles. The van der Waals surface area contributed by atoms with Gasteiger partial charge in [0.2, 0.25) is 27.6 Å². The van der Waals surface area contributed by atoms with Crippen LogP contribution in [0.1, 0.15) is 18.4 Å². The Morgan fingerprint density at radius 1 is 0.844 bits per heavy atom. The lowest BCUT2D eigenvalue weighted by atomic mass is 10.2. The number of anilines is 1. The van der Waals surface area contributed by atoms with E-state index in [1.807, 2.05) is 0 Å². The van der Waals surface area contributed by atoms with Crippen LogP contribution in [0, 0.1) is 0 Å². The third kappa shape index (κ3) is 4.48. The Hall–Kier alpha value is -3.31. The largest absolute Gasteiger partial charge is 0.495 e. The van der Waals surface area contributed by atoms with Crippen molar-refractivity contribution in [2.24, 2.45) is 0 Å². The van der Waals surface area contributed by atoms with E-state index in [0.717, 1.165) is 4.90 Å². The quantitative estimate of drug-likeness (QED) is 0.558. The summed E-state index contributed by atoms with van der Waals surface area (Å²) in [6.07, 6.45) is 0.136. The lowest BCUT2D eigenvalue weighted by Crippen LogP contribution is -2.29. The highest BCUT2D eigenvalue weighted by Gasteiger charge is 2.33. The molecule has 10 nitrogen and oxygen atoms in total. The van der Waals surface area contributed by atoms with Gasteiger partial charge in [-0.25, -0.2) is 18.0 Å². The van der Waals surface area contributed by atoms with Gasteiger partial charge in [-0.3, -0.25) is 9.59 Å². The Morgan fingerprint density at radius 3 is 1.91 bits per heavy atom. The second kappa shape index (κ2) is 9.45. The molecule has 0 saturated carbocycles. The van der Waals surface area contributed by atoms with E-state index in [-0.39, 0.29) is 35.7 Å². The first kappa shape index (κ1) is 23.4. The highest BCUT2D eigenvalue weighted by molar-refractivity contribution is 7.89. The Bertz CT molecular complexity index is 1110. The molecule has 1 aliphatic heterocycles. The molecule has 1 heterocycles. The molecule has 0 spiro atoms. The number of methoxy groups -OCH3 is 4. The van der Waals surface area contributed by atoms with Crippen LogP contribution in [0.15, 0.2) is 35.2 Å². The third-order valence-electron chi connectivity index (χ3n) is 4.94. The minimum absolute atomic E-state index is 0.0675. The average molecular weight is 464 g/mol. The fraction of sp³-hybridized carbons (Fsp3) is 0.333. The van der Waals surface area contributed by atoms with Crippen LogP contribution in [-0.4, -0.2) is 48.7 Å². The smallest absolute Gasteiger partial charge is 0.240 e. The summed E-state index contributed by atoms with van der Waals surface area (Å²) in [5, 5.41) is 0. The summed E-state index contributed by atoms with van der Waals surface area (Å²) in [6, 6.07) is 7.25. The zero-order valence-corrected chi connectivity index (χ0v) is 18.9. The maximum atomic E-state index is 12.9. The molecule has 0 aliphatic carbocycles. The molecule has 2 aromatic rings. The second-order valence-electron chi connectivity index (χ2n) is 6.81. The van der Waals surface area contributed by atoms with E-state index in [2.05, 4.69) is 4.72 Å². The van der Waals surface area contributed by atoms with Crippen molar-refractivity contribution in [3.8, 4) is 23.0 Å². The number of hydrogen-bond donors (Lipinski definition) is 1. The fourth-order valence-electron chi connectivity index (χ4n) is 3.36. The van der Waals surface area contributed by atoms with Gasteiger partial charge in [0.1, 0.15) is 5.75 Å². The van der Waals surface area contributed by atoms with Gasteiger partial charge < -0.3 is 18.9 Å². The molecule has 0 bridgehead atoms. The molecule has 1 N–H and O–H groups in total. The van der Waals surface area contributed by atoms with Crippen molar-refractivity contribution in [2.45, 2.75) is 24.3 Å². The number of rotatable bonds is 9. The molecule has 172 valence electrons. The molecule has 1 aliphatic rings. The van der Waals surface area contributed by atoms with Crippen molar-refractivity contribution in [3.63, 3.8) is 0 Å². The van der Waals surface area contributed by atoms with Crippen LogP contribution < -0.4 is 28.6 Å². The normalized spacial score (nSPS) is 13.9. The number of nitrogens with zero attached hydrogens (tertiary/aromatic N) is 1. The van der Waals surface area contributed by atoms with Gasteiger partial charge in [0.05, 0.1) is 39.0 Å². The van der Waals surface area contributed by atoms with Crippen molar-refractivity contribution < 1.29 is 37.0 Å². The van der Waals surface area contributed by atoms with Gasteiger partial charge in [0.15, 0.2) is 11.5 Å². The first-order valence-electron chi connectivity index (χ1n) is 9.58. The summed E-state index contributed by atoms with van der Waals surface area (Å²) in [7, 11) is 1.78. The Labute approximate surface area is 186 Å². The van der Waals surface area contributed by atoms with Crippen molar-refractivity contribution in [3.05, 3.63) is 35.9 Å². The zero-order valence-electron chi connectivity index (χ0n) is 18.1. The van der Waals surface area contributed by atoms with E-state index < -0.39 is 21.8 Å². The molecule has 2 amide bonds. The maximum absolute atomic E-state index is 12.9. The lowest BCUT2D eigenvalue weighted by Gasteiger charge is -2.19. The number of benzene rings is 2. The number of amides is 2. The molecule has 11 heteroatoms. The minimum Gasteiger partial charge on any atom is -0.495 e. The molecule has 1 fully saturated rings. The van der Waals surface area contributed by atoms with Crippen LogP contribution in [0.25, 0.3) is 0 Å². The monoisotopic (exact) mass is 464 g/mol. The molecule has 0 atom stereocenters. The number of sulfonamides is 1. The fourth-order valence-corrected chi connectivity index (χ4v) is 4.39. The molecule has 32 heavy (non-hydrogen) atoms. The first-order chi connectivity index (χ1) is 15.2. The van der Waals surface area contributed by atoms with Crippen LogP contribution in [0.2, 0.25) is 0 Å². The SMILES string of the molecule is COc1ccc(S(=O)(=O)NCc2cc(OC)c(OC)c(OC)c2)cc1N1C(=O)CCC1=O. The van der Waals surface area contributed by atoms with E-state index in [1.165, 1.54) is 46.6 Å². The van der Waals surface area contributed by atoms with Gasteiger partial charge >= 0.3 is 0 Å². The Balaban J connectivity index is 1.90. The maximum Gasteiger partial charge on any atom is 0.240 e. The molecule has 2 aromatic carbocycles. The number of carbonyl (C=O) groups excluding carboxylic acids is 2. The van der Waals surface area contributed by atoms with Gasteiger partial charge in [-0.15, -0.1) is 0 Å². The molecule has 0 radical (unpaired) electrons. The van der Waals surface area contributed by atoms with Gasteiger partial charge in [-0.1, -0.05) is 0 Å². The topological polar surface area (TPSA) is 120 Å². The second-order valence-corrected chi connectivity index (χ2v) is 8.58. The molecular formula is C21H24N2O8S. The standard InChI is InChI=1S/C21H24N2O8S/c1-28-16-6-5-14(11-15(16)23-19(24)7-8-20(23)25)32(26,27)22-12-13-9-17(29-2)21(31-4)18(10-13)30-3/h5-6,9-11,22H,7-8,12H2,1-4H3. The summed E-state index contributed by atoms with van der Waals surface area (Å²) in [5.41, 5.74) is 0.664. The first-order valence-corrected chi connectivity index (χ1v) is 11.1. The predicted octanol–water partition coefficient (Wildman–Crippen LogP) is 1.85. The summed E-state index contributed by atoms with van der Waals surface area (Å²) in [5.74, 6) is 0.567. The van der Waals surface area contributed by atoms with Crippen molar-refractivity contribution in [2.75, 3.05) is 33.3 Å².